The molecule has 1 saturated heterocycles. The molecule has 0 bridgehead atoms. The van der Waals surface area contributed by atoms with Crippen molar-refractivity contribution in [3.05, 3.63) is 29.8 Å². The van der Waals surface area contributed by atoms with Crippen molar-refractivity contribution in [3.8, 4) is 0 Å². The summed E-state index contributed by atoms with van der Waals surface area (Å²) in [4.78, 5) is 14.5. The number of carbonyl (C=O) groups is 1. The van der Waals surface area contributed by atoms with Crippen LogP contribution in [0.4, 0.5) is 5.69 Å². The number of likely N-dealkylation sites (N-methyl/N-ethyl adjacent to an activating group) is 1. The molecule has 2 rings (SSSR count). The second-order valence-electron chi connectivity index (χ2n) is 7.04. The van der Waals surface area contributed by atoms with E-state index >= 15 is 0 Å². The Balaban J connectivity index is 1.72. The lowest BCUT2D eigenvalue weighted by Crippen LogP contribution is -2.37. The predicted molar refractivity (Wildman–Crippen MR) is 101 cm³/mol. The molecule has 4 nitrogen and oxygen atoms in total. The Morgan fingerprint density at radius 2 is 2.12 bits per heavy atom. The number of piperidine rings is 1. The molecule has 24 heavy (non-hydrogen) atoms. The zero-order valence-corrected chi connectivity index (χ0v) is 15.5. The highest BCUT2D eigenvalue weighted by Gasteiger charge is 2.21. The maximum atomic E-state index is 12.2. The van der Waals surface area contributed by atoms with Gasteiger partial charge in [-0.25, -0.2) is 0 Å². The van der Waals surface area contributed by atoms with E-state index in [2.05, 4.69) is 60.6 Å². The highest BCUT2D eigenvalue weighted by atomic mass is 16.1. The summed E-state index contributed by atoms with van der Waals surface area (Å²) >= 11 is 0. The highest BCUT2D eigenvalue weighted by Crippen LogP contribution is 2.24. The van der Waals surface area contributed by atoms with Crippen molar-refractivity contribution in [2.45, 2.75) is 40.0 Å². The van der Waals surface area contributed by atoms with Crippen molar-refractivity contribution in [2.75, 3.05) is 37.6 Å². The first-order chi connectivity index (χ1) is 11.6. The molecule has 0 radical (unpaired) electrons. The first-order valence-corrected chi connectivity index (χ1v) is 9.39. The smallest absolute Gasteiger partial charge is 0.220 e. The second kappa shape index (κ2) is 9.67. The van der Waals surface area contributed by atoms with Gasteiger partial charge in [0.2, 0.25) is 5.91 Å². The maximum absolute atomic E-state index is 12.2. The minimum Gasteiger partial charge on any atom is -0.370 e. The summed E-state index contributed by atoms with van der Waals surface area (Å²) in [6.45, 7) is 11.2. The van der Waals surface area contributed by atoms with Crippen molar-refractivity contribution >= 4 is 11.6 Å². The number of carbonyl (C=O) groups excluding carboxylic acids is 1. The number of nitrogens with zero attached hydrogens (tertiary/aromatic N) is 1. The lowest BCUT2D eigenvalue weighted by molar-refractivity contribution is -0.122. The van der Waals surface area contributed by atoms with E-state index in [4.69, 9.17) is 0 Å². The Morgan fingerprint density at radius 1 is 1.38 bits per heavy atom. The van der Waals surface area contributed by atoms with Gasteiger partial charge in [-0.1, -0.05) is 19.1 Å². The van der Waals surface area contributed by atoms with Crippen LogP contribution in [0.25, 0.3) is 0 Å². The molecule has 0 aromatic heterocycles. The van der Waals surface area contributed by atoms with Crippen LogP contribution in [0.3, 0.4) is 0 Å². The summed E-state index contributed by atoms with van der Waals surface area (Å²) in [7, 11) is 0. The minimum absolute atomic E-state index is 0.196. The second-order valence-corrected chi connectivity index (χ2v) is 7.04. The van der Waals surface area contributed by atoms with Gasteiger partial charge in [0.25, 0.3) is 0 Å². The molecule has 2 N–H and O–H groups in total. The number of rotatable bonds is 8. The van der Waals surface area contributed by atoms with Crippen LogP contribution < -0.4 is 15.5 Å². The summed E-state index contributed by atoms with van der Waals surface area (Å²) in [5, 5.41) is 6.50. The monoisotopic (exact) mass is 331 g/mol. The van der Waals surface area contributed by atoms with Crippen LogP contribution >= 0.6 is 0 Å². The SMILES string of the molecule is CCN(CCNC(=O)CC(C)C1CCNCC1)c1cccc(C)c1. The van der Waals surface area contributed by atoms with E-state index in [1.807, 2.05) is 0 Å². The van der Waals surface area contributed by atoms with Crippen LogP contribution in [0.2, 0.25) is 0 Å². The number of benzene rings is 1. The summed E-state index contributed by atoms with van der Waals surface area (Å²) in [5.41, 5.74) is 2.50. The first-order valence-electron chi connectivity index (χ1n) is 9.39. The Hall–Kier alpha value is -1.55. The van der Waals surface area contributed by atoms with E-state index in [9.17, 15) is 4.79 Å². The minimum atomic E-state index is 0.196. The van der Waals surface area contributed by atoms with Crippen LogP contribution in [0.1, 0.15) is 38.7 Å². The predicted octanol–water partition coefficient (Wildman–Crippen LogP) is 2.96. The van der Waals surface area contributed by atoms with Gasteiger partial charge in [0.05, 0.1) is 0 Å². The molecule has 4 heteroatoms. The van der Waals surface area contributed by atoms with Gasteiger partial charge in [0.15, 0.2) is 0 Å². The van der Waals surface area contributed by atoms with Crippen LogP contribution in [-0.2, 0) is 4.79 Å². The summed E-state index contributed by atoms with van der Waals surface area (Å²) in [6, 6.07) is 8.54. The van der Waals surface area contributed by atoms with E-state index in [-0.39, 0.29) is 5.91 Å². The van der Waals surface area contributed by atoms with Crippen LogP contribution in [0.15, 0.2) is 24.3 Å². The molecule has 0 aliphatic carbocycles. The van der Waals surface area contributed by atoms with Crippen LogP contribution in [0.5, 0.6) is 0 Å². The number of aryl methyl sites for hydroxylation is 1. The van der Waals surface area contributed by atoms with E-state index in [0.717, 1.165) is 26.2 Å². The van der Waals surface area contributed by atoms with E-state index in [0.29, 0.717) is 24.8 Å². The summed E-state index contributed by atoms with van der Waals surface area (Å²) in [6.07, 6.45) is 3.05. The number of nitrogens with one attached hydrogen (secondary N) is 2. The third-order valence-electron chi connectivity index (χ3n) is 5.15. The number of hydrogen-bond donors (Lipinski definition) is 2. The molecule has 1 fully saturated rings. The van der Waals surface area contributed by atoms with Crippen LogP contribution in [0, 0.1) is 18.8 Å². The molecular weight excluding hydrogens is 298 g/mol. The molecule has 134 valence electrons. The first kappa shape index (κ1) is 18.8. The largest absolute Gasteiger partial charge is 0.370 e. The molecule has 1 aliphatic heterocycles. The highest BCUT2D eigenvalue weighted by molar-refractivity contribution is 5.76. The zero-order chi connectivity index (χ0) is 17.4. The Morgan fingerprint density at radius 3 is 2.79 bits per heavy atom. The van der Waals surface area contributed by atoms with Gasteiger partial charge in [0, 0.05) is 31.7 Å². The molecule has 0 saturated carbocycles. The Bertz CT molecular complexity index is 511. The van der Waals surface area contributed by atoms with Crippen molar-refractivity contribution in [1.29, 1.82) is 0 Å². The number of hydrogen-bond acceptors (Lipinski definition) is 3. The van der Waals surface area contributed by atoms with E-state index < -0.39 is 0 Å². The molecule has 1 heterocycles. The van der Waals surface area contributed by atoms with Gasteiger partial charge < -0.3 is 15.5 Å². The lowest BCUT2D eigenvalue weighted by Gasteiger charge is -2.28. The maximum Gasteiger partial charge on any atom is 0.220 e. The van der Waals surface area contributed by atoms with Crippen molar-refractivity contribution in [3.63, 3.8) is 0 Å². The van der Waals surface area contributed by atoms with Crippen molar-refractivity contribution < 1.29 is 4.79 Å². The number of anilines is 1. The summed E-state index contributed by atoms with van der Waals surface area (Å²) < 4.78 is 0. The summed E-state index contributed by atoms with van der Waals surface area (Å²) in [5.74, 6) is 1.36. The van der Waals surface area contributed by atoms with Gasteiger partial charge in [0.1, 0.15) is 0 Å². The topological polar surface area (TPSA) is 44.4 Å². The Labute approximate surface area is 147 Å². The van der Waals surface area contributed by atoms with Crippen molar-refractivity contribution in [1.82, 2.24) is 10.6 Å². The van der Waals surface area contributed by atoms with Gasteiger partial charge in [-0.05, 0) is 69.3 Å². The molecule has 1 aliphatic rings. The van der Waals surface area contributed by atoms with Gasteiger partial charge >= 0.3 is 0 Å². The van der Waals surface area contributed by atoms with E-state index in [1.165, 1.54) is 24.1 Å². The molecule has 1 aromatic rings. The molecule has 1 amide bonds. The fourth-order valence-corrected chi connectivity index (χ4v) is 3.57. The van der Waals surface area contributed by atoms with Crippen LogP contribution in [-0.4, -0.2) is 38.6 Å². The fraction of sp³-hybridized carbons (Fsp3) is 0.650. The normalized spacial score (nSPS) is 16.6. The third kappa shape index (κ3) is 5.82. The van der Waals surface area contributed by atoms with Crippen molar-refractivity contribution in [2.24, 2.45) is 11.8 Å². The quantitative estimate of drug-likeness (QED) is 0.770. The van der Waals surface area contributed by atoms with Gasteiger partial charge in [-0.2, -0.15) is 0 Å². The molecule has 1 aromatic carbocycles. The standard InChI is InChI=1S/C20H33N3O/c1-4-23(19-7-5-6-16(2)14-19)13-12-22-20(24)15-17(3)18-8-10-21-11-9-18/h5-7,14,17-18,21H,4,8-13,15H2,1-3H3,(H,22,24). The number of amides is 1. The average molecular weight is 332 g/mol. The average Bonchev–Trinajstić information content (AvgIpc) is 2.59. The molecule has 1 unspecified atom stereocenters. The van der Waals surface area contributed by atoms with Gasteiger partial charge in [-0.3, -0.25) is 4.79 Å². The fourth-order valence-electron chi connectivity index (χ4n) is 3.57. The zero-order valence-electron chi connectivity index (χ0n) is 15.5. The van der Waals surface area contributed by atoms with E-state index in [1.54, 1.807) is 0 Å². The lowest BCUT2D eigenvalue weighted by atomic mass is 9.84. The third-order valence-corrected chi connectivity index (χ3v) is 5.15. The molecule has 1 atom stereocenters. The Kier molecular flexibility index (Phi) is 7.57. The van der Waals surface area contributed by atoms with Gasteiger partial charge in [-0.15, -0.1) is 0 Å². The molecule has 0 spiro atoms. The molecular formula is C20H33N3O.